The van der Waals surface area contributed by atoms with Crippen molar-refractivity contribution in [2.45, 2.75) is 11.4 Å². The molecule has 1 fully saturated rings. The van der Waals surface area contributed by atoms with Crippen molar-refractivity contribution in [1.82, 2.24) is 9.21 Å². The van der Waals surface area contributed by atoms with E-state index in [0.29, 0.717) is 41.8 Å². The van der Waals surface area contributed by atoms with E-state index in [1.165, 1.54) is 16.4 Å². The molecular formula is C26H26BrCl2N3O4S. The second kappa shape index (κ2) is 12.0. The number of hydrogen-bond acceptors (Lipinski definition) is 5. The van der Waals surface area contributed by atoms with Gasteiger partial charge in [-0.1, -0.05) is 57.3 Å². The summed E-state index contributed by atoms with van der Waals surface area (Å²) in [5.41, 5.74) is 1.60. The average molecular weight is 627 g/mol. The van der Waals surface area contributed by atoms with Crippen LogP contribution < -0.4 is 9.64 Å². The molecule has 196 valence electrons. The van der Waals surface area contributed by atoms with E-state index in [0.717, 1.165) is 15.9 Å². The predicted octanol–water partition coefficient (Wildman–Crippen LogP) is 5.30. The molecule has 37 heavy (non-hydrogen) atoms. The molecule has 3 aromatic carbocycles. The van der Waals surface area contributed by atoms with Crippen molar-refractivity contribution in [3.05, 3.63) is 86.8 Å². The molecule has 0 unspecified atom stereocenters. The van der Waals surface area contributed by atoms with Crippen LogP contribution >= 0.6 is 39.1 Å². The molecule has 0 aromatic heterocycles. The van der Waals surface area contributed by atoms with Crippen molar-refractivity contribution in [3.8, 4) is 5.75 Å². The lowest BCUT2D eigenvalue weighted by atomic mass is 10.2. The van der Waals surface area contributed by atoms with Crippen molar-refractivity contribution in [3.63, 3.8) is 0 Å². The number of rotatable bonds is 8. The Morgan fingerprint density at radius 1 is 0.973 bits per heavy atom. The minimum Gasteiger partial charge on any atom is -0.495 e. The summed E-state index contributed by atoms with van der Waals surface area (Å²) in [6, 6.07) is 19.0. The Morgan fingerprint density at radius 2 is 1.65 bits per heavy atom. The van der Waals surface area contributed by atoms with Crippen LogP contribution in [0.5, 0.6) is 5.75 Å². The van der Waals surface area contributed by atoms with E-state index in [1.54, 1.807) is 42.3 Å². The fraction of sp³-hybridized carbons (Fsp3) is 0.269. The lowest BCUT2D eigenvalue weighted by Crippen LogP contribution is -2.51. The number of benzene rings is 3. The summed E-state index contributed by atoms with van der Waals surface area (Å²) in [5.74, 6) is 0.510. The molecule has 0 radical (unpaired) electrons. The zero-order valence-electron chi connectivity index (χ0n) is 20.1. The molecule has 0 bridgehead atoms. The topological polar surface area (TPSA) is 70.2 Å². The summed E-state index contributed by atoms with van der Waals surface area (Å²) in [6.45, 7) is 1.83. The van der Waals surface area contributed by atoms with Gasteiger partial charge in [-0.3, -0.25) is 4.79 Å². The Balaban J connectivity index is 1.52. The number of methoxy groups -OCH3 is 1. The van der Waals surface area contributed by atoms with Crippen LogP contribution in [-0.4, -0.2) is 63.4 Å². The number of para-hydroxylation sites is 2. The van der Waals surface area contributed by atoms with Crippen molar-refractivity contribution in [2.24, 2.45) is 0 Å². The predicted molar refractivity (Wildman–Crippen MR) is 150 cm³/mol. The van der Waals surface area contributed by atoms with Gasteiger partial charge in [-0.15, -0.1) is 0 Å². The highest BCUT2D eigenvalue weighted by atomic mass is 79.9. The number of hydrogen-bond donors (Lipinski definition) is 0. The van der Waals surface area contributed by atoms with Gasteiger partial charge in [-0.2, -0.15) is 4.31 Å². The summed E-state index contributed by atoms with van der Waals surface area (Å²) in [4.78, 5) is 17.3. The van der Waals surface area contributed by atoms with Crippen molar-refractivity contribution >= 4 is 60.7 Å². The summed E-state index contributed by atoms with van der Waals surface area (Å²) in [6.07, 6.45) is 0. The molecule has 0 spiro atoms. The van der Waals surface area contributed by atoms with E-state index in [1.807, 2.05) is 24.3 Å². The number of carbonyl (C=O) groups excluding carboxylic acids is 1. The summed E-state index contributed by atoms with van der Waals surface area (Å²) < 4.78 is 34.6. The standard InChI is InChI=1S/C26H26BrCl2N3O4S/c1-36-25-5-3-2-4-24(25)30-12-14-31(15-13-30)26(33)18-32(17-19-6-11-22(28)23(29)16-19)37(34,35)21-9-7-20(27)8-10-21/h2-11,16H,12-15,17-18H2,1H3. The highest BCUT2D eigenvalue weighted by molar-refractivity contribution is 9.10. The third-order valence-electron chi connectivity index (χ3n) is 6.16. The largest absolute Gasteiger partial charge is 0.495 e. The van der Waals surface area contributed by atoms with Gasteiger partial charge in [0.05, 0.1) is 34.3 Å². The van der Waals surface area contributed by atoms with Crippen LogP contribution in [0.25, 0.3) is 0 Å². The van der Waals surface area contributed by atoms with Gasteiger partial charge in [-0.05, 0) is 54.1 Å². The maximum absolute atomic E-state index is 13.6. The fourth-order valence-corrected chi connectivity index (χ4v) is 6.12. The minimum atomic E-state index is -3.97. The summed E-state index contributed by atoms with van der Waals surface area (Å²) in [5, 5.41) is 0.690. The molecule has 0 atom stereocenters. The summed E-state index contributed by atoms with van der Waals surface area (Å²) >= 11 is 15.5. The highest BCUT2D eigenvalue weighted by Crippen LogP contribution is 2.29. The van der Waals surface area contributed by atoms with Gasteiger partial charge in [-0.25, -0.2) is 8.42 Å². The van der Waals surface area contributed by atoms with Gasteiger partial charge in [0.15, 0.2) is 0 Å². The van der Waals surface area contributed by atoms with E-state index in [2.05, 4.69) is 20.8 Å². The van der Waals surface area contributed by atoms with Crippen LogP contribution in [0.4, 0.5) is 5.69 Å². The van der Waals surface area contributed by atoms with Gasteiger partial charge in [0, 0.05) is 37.2 Å². The Hall–Kier alpha value is -2.30. The molecule has 4 rings (SSSR count). The SMILES string of the molecule is COc1ccccc1N1CCN(C(=O)CN(Cc2ccc(Cl)c(Cl)c2)S(=O)(=O)c2ccc(Br)cc2)CC1. The summed E-state index contributed by atoms with van der Waals surface area (Å²) in [7, 11) is -2.34. The van der Waals surface area contributed by atoms with Crippen molar-refractivity contribution in [2.75, 3.05) is 44.7 Å². The molecule has 11 heteroatoms. The number of ether oxygens (including phenoxy) is 1. The molecule has 0 N–H and O–H groups in total. The quantitative estimate of drug-likeness (QED) is 0.339. The molecule has 1 amide bonds. The zero-order chi connectivity index (χ0) is 26.6. The van der Waals surface area contributed by atoms with Crippen molar-refractivity contribution < 1.29 is 17.9 Å². The normalized spacial score (nSPS) is 14.2. The monoisotopic (exact) mass is 625 g/mol. The maximum atomic E-state index is 13.6. The molecule has 7 nitrogen and oxygen atoms in total. The van der Waals surface area contributed by atoms with Gasteiger partial charge in [0.1, 0.15) is 5.75 Å². The third-order valence-corrected chi connectivity index (χ3v) is 9.24. The lowest BCUT2D eigenvalue weighted by molar-refractivity contribution is -0.131. The van der Waals surface area contributed by atoms with E-state index < -0.39 is 10.0 Å². The third kappa shape index (κ3) is 6.59. The van der Waals surface area contributed by atoms with Gasteiger partial charge in [0.25, 0.3) is 0 Å². The first-order valence-electron chi connectivity index (χ1n) is 11.5. The van der Waals surface area contributed by atoms with Crippen LogP contribution in [0.2, 0.25) is 10.0 Å². The van der Waals surface area contributed by atoms with E-state index in [4.69, 9.17) is 27.9 Å². The second-order valence-electron chi connectivity index (χ2n) is 8.52. The van der Waals surface area contributed by atoms with Crippen LogP contribution in [0.15, 0.2) is 76.1 Å². The molecule has 1 saturated heterocycles. The molecule has 1 aliphatic rings. The Labute approximate surface area is 235 Å². The number of sulfonamides is 1. The fourth-order valence-electron chi connectivity index (χ4n) is 4.16. The van der Waals surface area contributed by atoms with Gasteiger partial charge >= 0.3 is 0 Å². The number of halogens is 3. The molecule has 1 aliphatic heterocycles. The van der Waals surface area contributed by atoms with Crippen LogP contribution in [0.1, 0.15) is 5.56 Å². The van der Waals surface area contributed by atoms with E-state index >= 15 is 0 Å². The number of anilines is 1. The van der Waals surface area contributed by atoms with E-state index in [-0.39, 0.29) is 23.9 Å². The first kappa shape index (κ1) is 27.7. The zero-order valence-corrected chi connectivity index (χ0v) is 24.0. The average Bonchev–Trinajstić information content (AvgIpc) is 2.90. The minimum absolute atomic E-state index is 0.0256. The maximum Gasteiger partial charge on any atom is 0.243 e. The molecule has 3 aromatic rings. The van der Waals surface area contributed by atoms with Crippen molar-refractivity contribution in [1.29, 1.82) is 0 Å². The Bertz CT molecular complexity index is 1360. The highest BCUT2D eigenvalue weighted by Gasteiger charge is 2.30. The lowest BCUT2D eigenvalue weighted by Gasteiger charge is -2.37. The first-order valence-corrected chi connectivity index (χ1v) is 14.5. The van der Waals surface area contributed by atoms with E-state index in [9.17, 15) is 13.2 Å². The number of carbonyl (C=O) groups is 1. The number of nitrogens with zero attached hydrogens (tertiary/aromatic N) is 3. The molecular weight excluding hydrogens is 601 g/mol. The first-order chi connectivity index (χ1) is 17.7. The molecule has 1 heterocycles. The van der Waals surface area contributed by atoms with Gasteiger partial charge in [0.2, 0.25) is 15.9 Å². The molecule has 0 saturated carbocycles. The van der Waals surface area contributed by atoms with Crippen LogP contribution in [0.3, 0.4) is 0 Å². The second-order valence-corrected chi connectivity index (χ2v) is 12.2. The molecule has 0 aliphatic carbocycles. The smallest absolute Gasteiger partial charge is 0.243 e. The number of piperazine rings is 1. The van der Waals surface area contributed by atoms with Crippen LogP contribution in [-0.2, 0) is 21.4 Å². The van der Waals surface area contributed by atoms with Crippen LogP contribution in [0, 0.1) is 0 Å². The van der Waals surface area contributed by atoms with Gasteiger partial charge < -0.3 is 14.5 Å². The Kier molecular flexibility index (Phi) is 9.03. The number of amides is 1. The Morgan fingerprint density at radius 3 is 2.30 bits per heavy atom.